The molecule has 0 N–H and O–H groups in total. The molecule has 4 aromatic carbocycles. The number of benzene rings is 4. The fourth-order valence-electron chi connectivity index (χ4n) is 4.58. The molecule has 146 valence electrons. The summed E-state index contributed by atoms with van der Waals surface area (Å²) in [6, 6.07) is 35.1. The van der Waals surface area contributed by atoms with Crippen LogP contribution < -0.4 is 10.6 Å². The van der Waals surface area contributed by atoms with Crippen LogP contribution in [-0.4, -0.2) is 0 Å². The zero-order valence-corrected chi connectivity index (χ0v) is 18.1. The van der Waals surface area contributed by atoms with E-state index in [1.165, 1.54) is 0 Å². The van der Waals surface area contributed by atoms with E-state index in [-0.39, 0.29) is 0 Å². The molecule has 0 spiro atoms. The fourth-order valence-corrected chi connectivity index (χ4v) is 8.17. The molecule has 1 aliphatic rings. The minimum atomic E-state index is -3.05. The van der Waals surface area contributed by atoms with Gasteiger partial charge in [0.05, 0.1) is 0 Å². The van der Waals surface area contributed by atoms with E-state index in [0.29, 0.717) is 0 Å². The van der Waals surface area contributed by atoms with Gasteiger partial charge in [0.25, 0.3) is 0 Å². The van der Waals surface area contributed by atoms with Crippen molar-refractivity contribution in [3.05, 3.63) is 131 Å². The van der Waals surface area contributed by atoms with Crippen LogP contribution in [0.5, 0.6) is 0 Å². The van der Waals surface area contributed by atoms with E-state index in [1.54, 1.807) is 0 Å². The van der Waals surface area contributed by atoms with Crippen molar-refractivity contribution >= 4 is 28.6 Å². The predicted molar refractivity (Wildman–Crippen MR) is 128 cm³/mol. The number of aryl methyl sites for hydroxylation is 2. The van der Waals surface area contributed by atoms with E-state index in [9.17, 15) is 0 Å². The van der Waals surface area contributed by atoms with Crippen LogP contribution >= 0.6 is 7.14 Å². The van der Waals surface area contributed by atoms with Gasteiger partial charge in [-0.2, -0.15) is 0 Å². The number of fused-ring (bicyclic) bond motifs is 1. The average molecular weight is 406 g/mol. The van der Waals surface area contributed by atoms with Crippen molar-refractivity contribution in [1.82, 2.24) is 0 Å². The van der Waals surface area contributed by atoms with Crippen molar-refractivity contribution in [3.8, 4) is 0 Å². The summed E-state index contributed by atoms with van der Waals surface area (Å²) in [4.78, 5) is 0. The highest BCUT2D eigenvalue weighted by molar-refractivity contribution is 7.88. The minimum absolute atomic E-state index is 0.905. The second kappa shape index (κ2) is 7.27. The van der Waals surface area contributed by atoms with Gasteiger partial charge in [0.1, 0.15) is 0 Å². The van der Waals surface area contributed by atoms with E-state index >= 15 is 4.57 Å². The fraction of sp³-hybridized carbons (Fsp3) is 0.0714. The Bertz CT molecular complexity index is 1320. The number of hydrogen-bond donors (Lipinski definition) is 0. The normalized spacial score (nSPS) is 17.8. The van der Waals surface area contributed by atoms with Crippen LogP contribution in [0.15, 0.2) is 103 Å². The molecule has 0 saturated carbocycles. The SMILES string of the molecule is Cc1cccc(P2(=O)C(c3ccccc3)=C(c3ccccc3)c3cccc(C)c32)c1. The molecular weight excluding hydrogens is 383 g/mol. The van der Waals surface area contributed by atoms with Gasteiger partial charge in [-0.1, -0.05) is 103 Å². The van der Waals surface area contributed by atoms with Gasteiger partial charge in [0.2, 0.25) is 0 Å². The third-order valence-electron chi connectivity index (χ3n) is 5.85. The van der Waals surface area contributed by atoms with E-state index in [2.05, 4.69) is 80.6 Å². The highest BCUT2D eigenvalue weighted by atomic mass is 31.2. The van der Waals surface area contributed by atoms with Gasteiger partial charge in [0, 0.05) is 21.5 Å². The quantitative estimate of drug-likeness (QED) is 0.353. The molecule has 4 aromatic rings. The molecular formula is C28H23OP. The van der Waals surface area contributed by atoms with Crippen LogP contribution in [0.4, 0.5) is 0 Å². The first kappa shape index (κ1) is 18.9. The first-order valence-corrected chi connectivity index (χ1v) is 11.9. The summed E-state index contributed by atoms with van der Waals surface area (Å²) in [5.41, 5.74) is 6.51. The van der Waals surface area contributed by atoms with Crippen LogP contribution in [-0.2, 0) is 4.57 Å². The number of hydrogen-bond acceptors (Lipinski definition) is 1. The maximum atomic E-state index is 15.3. The van der Waals surface area contributed by atoms with Crippen molar-refractivity contribution in [2.45, 2.75) is 13.8 Å². The molecule has 1 heterocycles. The maximum Gasteiger partial charge on any atom is 0.173 e. The second-order valence-electron chi connectivity index (χ2n) is 7.88. The van der Waals surface area contributed by atoms with Crippen molar-refractivity contribution in [2.75, 3.05) is 0 Å². The van der Waals surface area contributed by atoms with Gasteiger partial charge >= 0.3 is 0 Å². The van der Waals surface area contributed by atoms with Crippen LogP contribution in [0.3, 0.4) is 0 Å². The van der Waals surface area contributed by atoms with Gasteiger partial charge in [-0.25, -0.2) is 0 Å². The molecule has 1 atom stereocenters. The van der Waals surface area contributed by atoms with Crippen LogP contribution in [0.25, 0.3) is 10.9 Å². The largest absolute Gasteiger partial charge is 0.309 e. The lowest BCUT2D eigenvalue weighted by Crippen LogP contribution is -2.18. The minimum Gasteiger partial charge on any atom is -0.309 e. The predicted octanol–water partition coefficient (Wildman–Crippen LogP) is 6.55. The molecule has 0 bridgehead atoms. The molecule has 0 saturated heterocycles. The van der Waals surface area contributed by atoms with E-state index in [1.807, 2.05) is 36.4 Å². The molecule has 0 amide bonds. The molecule has 1 nitrogen and oxygen atoms in total. The molecule has 1 unspecified atom stereocenters. The van der Waals surface area contributed by atoms with Gasteiger partial charge in [-0.15, -0.1) is 0 Å². The summed E-state index contributed by atoms with van der Waals surface area (Å²) < 4.78 is 15.3. The Balaban J connectivity index is 1.97. The zero-order chi connectivity index (χ0) is 20.7. The highest BCUT2D eigenvalue weighted by Gasteiger charge is 2.44. The molecule has 2 heteroatoms. The molecule has 30 heavy (non-hydrogen) atoms. The molecule has 0 fully saturated rings. The third kappa shape index (κ3) is 2.82. The molecule has 1 aliphatic heterocycles. The van der Waals surface area contributed by atoms with E-state index in [4.69, 9.17) is 0 Å². The van der Waals surface area contributed by atoms with Crippen molar-refractivity contribution in [1.29, 1.82) is 0 Å². The van der Waals surface area contributed by atoms with Gasteiger partial charge in [-0.05, 0) is 42.2 Å². The Kier molecular flexibility index (Phi) is 4.57. The molecule has 0 radical (unpaired) electrons. The Hall–Kier alpha value is -3.15. The highest BCUT2D eigenvalue weighted by Crippen LogP contribution is 2.65. The van der Waals surface area contributed by atoms with Gasteiger partial charge in [-0.3, -0.25) is 0 Å². The lowest BCUT2D eigenvalue weighted by atomic mass is 9.95. The second-order valence-corrected chi connectivity index (χ2v) is 10.5. The van der Waals surface area contributed by atoms with Crippen molar-refractivity contribution < 1.29 is 4.57 Å². The summed E-state index contributed by atoms with van der Waals surface area (Å²) in [6.45, 7) is 4.15. The summed E-state index contributed by atoms with van der Waals surface area (Å²) in [5.74, 6) is 0. The topological polar surface area (TPSA) is 17.1 Å². The summed E-state index contributed by atoms with van der Waals surface area (Å²) in [7, 11) is -3.05. The first-order chi connectivity index (χ1) is 14.6. The third-order valence-corrected chi connectivity index (χ3v) is 9.19. The molecule has 5 rings (SSSR count). The molecule has 0 aliphatic carbocycles. The lowest BCUT2D eigenvalue weighted by molar-refractivity contribution is 0.593. The van der Waals surface area contributed by atoms with E-state index in [0.717, 1.165) is 49.3 Å². The van der Waals surface area contributed by atoms with Crippen LogP contribution in [0.2, 0.25) is 0 Å². The standard InChI is InChI=1S/C28H23OP/c1-20-11-9-17-24(19-20)30(29)27-21(2)12-10-18-25(27)26(22-13-5-3-6-14-22)28(30)23-15-7-4-8-16-23/h3-19H,1-2H3. The molecule has 0 aromatic heterocycles. The Morgan fingerprint density at radius 1 is 0.633 bits per heavy atom. The Labute approximate surface area is 178 Å². The zero-order valence-electron chi connectivity index (χ0n) is 17.2. The van der Waals surface area contributed by atoms with E-state index < -0.39 is 7.14 Å². The Morgan fingerprint density at radius 2 is 1.27 bits per heavy atom. The number of rotatable bonds is 3. The van der Waals surface area contributed by atoms with Crippen LogP contribution in [0.1, 0.15) is 27.8 Å². The average Bonchev–Trinajstić information content (AvgIpc) is 3.06. The smallest absolute Gasteiger partial charge is 0.173 e. The first-order valence-electron chi connectivity index (χ1n) is 10.2. The summed E-state index contributed by atoms with van der Waals surface area (Å²) in [6.07, 6.45) is 0. The van der Waals surface area contributed by atoms with Crippen molar-refractivity contribution in [2.24, 2.45) is 0 Å². The summed E-state index contributed by atoms with van der Waals surface area (Å²) in [5, 5.41) is 2.83. The van der Waals surface area contributed by atoms with Gasteiger partial charge < -0.3 is 4.57 Å². The maximum absolute atomic E-state index is 15.3. The Morgan fingerprint density at radius 3 is 1.93 bits per heavy atom. The van der Waals surface area contributed by atoms with Gasteiger partial charge in [0.15, 0.2) is 7.14 Å². The lowest BCUT2D eigenvalue weighted by Gasteiger charge is -2.21. The monoisotopic (exact) mass is 406 g/mol. The van der Waals surface area contributed by atoms with Crippen molar-refractivity contribution in [3.63, 3.8) is 0 Å². The van der Waals surface area contributed by atoms with Crippen LogP contribution in [0, 0.1) is 13.8 Å². The summed E-state index contributed by atoms with van der Waals surface area (Å²) >= 11 is 0.